The maximum atomic E-state index is 11.4. The highest BCUT2D eigenvalue weighted by Crippen LogP contribution is 2.39. The molecule has 0 radical (unpaired) electrons. The maximum absolute atomic E-state index is 11.4. The third-order valence-corrected chi connectivity index (χ3v) is 2.67. The second-order valence-corrected chi connectivity index (χ2v) is 5.74. The molecule has 1 rings (SSSR count). The van der Waals surface area contributed by atoms with E-state index in [4.69, 9.17) is 14.2 Å². The van der Waals surface area contributed by atoms with Crippen LogP contribution in [0.3, 0.4) is 0 Å². The summed E-state index contributed by atoms with van der Waals surface area (Å²) in [6, 6.07) is 0. The molecule has 6 nitrogen and oxygen atoms in total. The Hall–Kier alpha value is -1.30. The fourth-order valence-corrected chi connectivity index (χ4v) is 1.67. The predicted molar refractivity (Wildman–Crippen MR) is 68.8 cm³/mol. The van der Waals surface area contributed by atoms with Crippen LogP contribution < -0.4 is 5.32 Å². The number of carbonyl (C=O) groups is 2. The third kappa shape index (κ3) is 5.06. The molecule has 2 atom stereocenters. The number of carbonyl (C=O) groups excluding carboxylic acids is 2. The lowest BCUT2D eigenvalue weighted by Crippen LogP contribution is -2.34. The van der Waals surface area contributed by atoms with E-state index in [-0.39, 0.29) is 5.97 Å². The van der Waals surface area contributed by atoms with Crippen molar-refractivity contribution in [2.45, 2.75) is 58.3 Å². The molecule has 1 N–H and O–H groups in total. The number of hydrogen-bond acceptors (Lipinski definition) is 5. The van der Waals surface area contributed by atoms with Gasteiger partial charge in [0, 0.05) is 6.54 Å². The molecular weight excluding hydrogens is 250 g/mol. The summed E-state index contributed by atoms with van der Waals surface area (Å²) in [7, 11) is 0. The number of hydrogen-bond donors (Lipinski definition) is 1. The quantitative estimate of drug-likeness (QED) is 0.608. The fourth-order valence-electron chi connectivity index (χ4n) is 1.67. The second kappa shape index (κ2) is 5.77. The van der Waals surface area contributed by atoms with Crippen molar-refractivity contribution in [3.63, 3.8) is 0 Å². The standard InChI is InChI=1S/C13H23NO5/c1-6-17-10(15)9-13(5,18-9)7-8-14-11(16)19-12(2,3)4/h9H,6-8H2,1-5H3,(H,14,16)/t9-,13-/m1/s1. The van der Waals surface area contributed by atoms with Crippen LogP contribution in [0.15, 0.2) is 0 Å². The zero-order chi connectivity index (χ0) is 14.7. The van der Waals surface area contributed by atoms with Crippen LogP contribution >= 0.6 is 0 Å². The van der Waals surface area contributed by atoms with Crippen molar-refractivity contribution in [2.24, 2.45) is 0 Å². The van der Waals surface area contributed by atoms with Crippen LogP contribution in [0.25, 0.3) is 0 Å². The molecule has 0 spiro atoms. The Bertz CT molecular complexity index is 349. The summed E-state index contributed by atoms with van der Waals surface area (Å²) < 4.78 is 15.3. The van der Waals surface area contributed by atoms with Crippen LogP contribution in [-0.2, 0) is 19.0 Å². The van der Waals surface area contributed by atoms with E-state index in [0.717, 1.165) is 0 Å². The second-order valence-electron chi connectivity index (χ2n) is 5.74. The van der Waals surface area contributed by atoms with Gasteiger partial charge in [0.25, 0.3) is 0 Å². The van der Waals surface area contributed by atoms with Gasteiger partial charge in [-0.2, -0.15) is 0 Å². The summed E-state index contributed by atoms with van der Waals surface area (Å²) in [5.41, 5.74) is -1.06. The molecule has 0 aromatic carbocycles. The summed E-state index contributed by atoms with van der Waals surface area (Å²) in [4.78, 5) is 22.9. The molecule has 0 bridgehead atoms. The Kier molecular flexibility index (Phi) is 4.79. The van der Waals surface area contributed by atoms with E-state index in [1.165, 1.54) is 0 Å². The van der Waals surface area contributed by atoms with E-state index < -0.39 is 23.4 Å². The van der Waals surface area contributed by atoms with Gasteiger partial charge in [-0.15, -0.1) is 0 Å². The van der Waals surface area contributed by atoms with Gasteiger partial charge >= 0.3 is 12.1 Å². The van der Waals surface area contributed by atoms with Gasteiger partial charge in [0.05, 0.1) is 6.61 Å². The average molecular weight is 273 g/mol. The normalized spacial score (nSPS) is 25.6. The van der Waals surface area contributed by atoms with Crippen LogP contribution in [0.4, 0.5) is 4.79 Å². The molecular formula is C13H23NO5. The van der Waals surface area contributed by atoms with E-state index in [2.05, 4.69) is 5.32 Å². The zero-order valence-electron chi connectivity index (χ0n) is 12.2. The van der Waals surface area contributed by atoms with Gasteiger partial charge in [-0.25, -0.2) is 9.59 Å². The monoisotopic (exact) mass is 273 g/mol. The number of ether oxygens (including phenoxy) is 3. The van der Waals surface area contributed by atoms with Crippen LogP contribution in [0.2, 0.25) is 0 Å². The highest BCUT2D eigenvalue weighted by atomic mass is 16.7. The molecule has 19 heavy (non-hydrogen) atoms. The van der Waals surface area contributed by atoms with Crippen molar-refractivity contribution in [1.29, 1.82) is 0 Å². The lowest BCUT2D eigenvalue weighted by molar-refractivity contribution is -0.144. The van der Waals surface area contributed by atoms with Gasteiger partial charge < -0.3 is 19.5 Å². The Morgan fingerprint density at radius 3 is 2.53 bits per heavy atom. The number of epoxide rings is 1. The van der Waals surface area contributed by atoms with Gasteiger partial charge in [-0.1, -0.05) is 0 Å². The number of alkyl carbamates (subject to hydrolysis) is 1. The van der Waals surface area contributed by atoms with E-state index in [0.29, 0.717) is 19.6 Å². The minimum atomic E-state index is -0.540. The summed E-state index contributed by atoms with van der Waals surface area (Å²) in [6.45, 7) is 9.71. The van der Waals surface area contributed by atoms with E-state index in [1.54, 1.807) is 27.7 Å². The fraction of sp³-hybridized carbons (Fsp3) is 0.846. The molecule has 1 saturated heterocycles. The lowest BCUT2D eigenvalue weighted by atomic mass is 10.0. The van der Waals surface area contributed by atoms with Crippen molar-refractivity contribution >= 4 is 12.1 Å². The van der Waals surface area contributed by atoms with Crippen molar-refractivity contribution in [2.75, 3.05) is 13.2 Å². The Balaban J connectivity index is 2.24. The van der Waals surface area contributed by atoms with Crippen molar-refractivity contribution in [3.8, 4) is 0 Å². The van der Waals surface area contributed by atoms with Gasteiger partial charge in [-0.05, 0) is 41.0 Å². The molecule has 6 heteroatoms. The van der Waals surface area contributed by atoms with Crippen molar-refractivity contribution in [1.82, 2.24) is 5.32 Å². The lowest BCUT2D eigenvalue weighted by Gasteiger charge is -2.19. The first-order chi connectivity index (χ1) is 8.68. The zero-order valence-corrected chi connectivity index (χ0v) is 12.2. The van der Waals surface area contributed by atoms with E-state index in [9.17, 15) is 9.59 Å². The van der Waals surface area contributed by atoms with E-state index >= 15 is 0 Å². The number of rotatable bonds is 5. The molecule has 1 heterocycles. The molecule has 0 saturated carbocycles. The topological polar surface area (TPSA) is 77.2 Å². The van der Waals surface area contributed by atoms with Gasteiger partial charge in [0.2, 0.25) is 0 Å². The van der Waals surface area contributed by atoms with Gasteiger partial charge in [0.15, 0.2) is 6.10 Å². The highest BCUT2D eigenvalue weighted by molar-refractivity contribution is 5.79. The SMILES string of the molecule is CCOC(=O)[C@H]1O[C@]1(C)CCNC(=O)OC(C)(C)C. The molecule has 1 aliphatic heterocycles. The largest absolute Gasteiger partial charge is 0.464 e. The minimum Gasteiger partial charge on any atom is -0.464 e. The van der Waals surface area contributed by atoms with Gasteiger partial charge in [-0.3, -0.25) is 0 Å². The molecule has 1 amide bonds. The third-order valence-electron chi connectivity index (χ3n) is 2.67. The average Bonchev–Trinajstić information content (AvgIpc) is 2.88. The highest BCUT2D eigenvalue weighted by Gasteiger charge is 2.57. The molecule has 110 valence electrons. The Morgan fingerprint density at radius 1 is 1.37 bits per heavy atom. The summed E-state index contributed by atoms with van der Waals surface area (Å²) in [5.74, 6) is -0.345. The van der Waals surface area contributed by atoms with Crippen LogP contribution in [0, 0.1) is 0 Å². The first-order valence-corrected chi connectivity index (χ1v) is 6.49. The van der Waals surface area contributed by atoms with Crippen LogP contribution in [0.5, 0.6) is 0 Å². The molecule has 0 aromatic heterocycles. The van der Waals surface area contributed by atoms with Crippen molar-refractivity contribution < 1.29 is 23.8 Å². The summed E-state index contributed by atoms with van der Waals surface area (Å²) >= 11 is 0. The van der Waals surface area contributed by atoms with Crippen LogP contribution in [0.1, 0.15) is 41.0 Å². The first kappa shape index (κ1) is 15.8. The molecule has 0 unspecified atom stereocenters. The molecule has 1 aliphatic rings. The van der Waals surface area contributed by atoms with Crippen LogP contribution in [-0.4, -0.2) is 42.5 Å². The predicted octanol–water partition coefficient (Wildman–Crippen LogP) is 1.62. The Labute approximate surface area is 113 Å². The maximum Gasteiger partial charge on any atom is 0.407 e. The number of amides is 1. The van der Waals surface area contributed by atoms with Crippen molar-refractivity contribution in [3.05, 3.63) is 0 Å². The minimum absolute atomic E-state index is 0.338. The molecule has 1 fully saturated rings. The molecule has 0 aliphatic carbocycles. The number of esters is 1. The van der Waals surface area contributed by atoms with E-state index in [1.807, 2.05) is 6.92 Å². The van der Waals surface area contributed by atoms with Gasteiger partial charge in [0.1, 0.15) is 11.2 Å². The Morgan fingerprint density at radius 2 is 2.00 bits per heavy atom. The number of nitrogens with one attached hydrogen (secondary N) is 1. The summed E-state index contributed by atoms with van der Waals surface area (Å²) in [6.07, 6.45) is -0.451. The molecule has 0 aromatic rings. The first-order valence-electron chi connectivity index (χ1n) is 6.49. The summed E-state index contributed by atoms with van der Waals surface area (Å²) in [5, 5.41) is 2.63. The smallest absolute Gasteiger partial charge is 0.407 e.